The van der Waals surface area contributed by atoms with Gasteiger partial charge >= 0.3 is 6.18 Å². The Hall–Kier alpha value is -1.08. The highest BCUT2D eigenvalue weighted by Gasteiger charge is 2.33. The molecule has 1 atom stereocenters. The van der Waals surface area contributed by atoms with Gasteiger partial charge in [-0.2, -0.15) is 13.2 Å². The molecule has 1 saturated heterocycles. The minimum Gasteiger partial charge on any atom is -0.381 e. The van der Waals surface area contributed by atoms with Crippen LogP contribution in [-0.4, -0.2) is 29.7 Å². The summed E-state index contributed by atoms with van der Waals surface area (Å²) in [5.74, 6) is 0.363. The molecule has 2 heterocycles. The number of halogens is 4. The van der Waals surface area contributed by atoms with Crippen LogP contribution in [0.4, 0.5) is 19.0 Å². The quantitative estimate of drug-likeness (QED) is 0.865. The van der Waals surface area contributed by atoms with E-state index >= 15 is 0 Å². The van der Waals surface area contributed by atoms with Crippen LogP contribution in [0, 0.1) is 5.92 Å². The normalized spacial score (nSPS) is 20.1. The van der Waals surface area contributed by atoms with Gasteiger partial charge in [-0.05, 0) is 18.0 Å². The average Bonchev–Trinajstić information content (AvgIpc) is 2.77. The first-order valence-corrected chi connectivity index (χ1v) is 5.76. The van der Waals surface area contributed by atoms with Crippen LogP contribution in [0.2, 0.25) is 5.28 Å². The van der Waals surface area contributed by atoms with Crippen molar-refractivity contribution in [1.82, 2.24) is 9.97 Å². The van der Waals surface area contributed by atoms with Crippen LogP contribution in [0.5, 0.6) is 0 Å². The molecule has 0 radical (unpaired) electrons. The first kappa shape index (κ1) is 13.4. The monoisotopic (exact) mass is 281 g/mol. The largest absolute Gasteiger partial charge is 0.433 e. The molecular weight excluding hydrogens is 271 g/mol. The van der Waals surface area contributed by atoms with Crippen molar-refractivity contribution in [3.05, 3.63) is 17.0 Å². The van der Waals surface area contributed by atoms with Crippen molar-refractivity contribution >= 4 is 17.4 Å². The van der Waals surface area contributed by atoms with Crippen LogP contribution in [0.25, 0.3) is 0 Å². The summed E-state index contributed by atoms with van der Waals surface area (Å²) in [6.45, 7) is 1.80. The third-order valence-corrected chi connectivity index (χ3v) is 2.75. The standard InChI is InChI=1S/C10H11ClF3N3O/c11-9-16-7(10(12,13)14)3-8(17-9)15-4-6-1-2-18-5-6/h3,6H,1-2,4-5H2,(H,15,16,17). The van der Waals surface area contributed by atoms with Crippen LogP contribution in [0.1, 0.15) is 12.1 Å². The van der Waals surface area contributed by atoms with Gasteiger partial charge in [0.15, 0.2) is 5.69 Å². The Balaban J connectivity index is 2.05. The van der Waals surface area contributed by atoms with Crippen molar-refractivity contribution in [1.29, 1.82) is 0 Å². The van der Waals surface area contributed by atoms with Gasteiger partial charge in [0.2, 0.25) is 5.28 Å². The predicted octanol–water partition coefficient (Wildman–Crippen LogP) is 2.60. The highest BCUT2D eigenvalue weighted by molar-refractivity contribution is 6.28. The molecule has 0 aliphatic carbocycles. The van der Waals surface area contributed by atoms with E-state index in [9.17, 15) is 13.2 Å². The highest BCUT2D eigenvalue weighted by Crippen LogP contribution is 2.29. The lowest BCUT2D eigenvalue weighted by molar-refractivity contribution is -0.141. The predicted molar refractivity (Wildman–Crippen MR) is 59.5 cm³/mol. The summed E-state index contributed by atoms with van der Waals surface area (Å²) in [5.41, 5.74) is -1.05. The molecule has 1 aliphatic heterocycles. The maximum Gasteiger partial charge on any atom is 0.433 e. The minimum atomic E-state index is -4.53. The maximum atomic E-state index is 12.5. The summed E-state index contributed by atoms with van der Waals surface area (Å²) in [5, 5.41) is 2.40. The smallest absolute Gasteiger partial charge is 0.381 e. The summed E-state index contributed by atoms with van der Waals surface area (Å²) in [4.78, 5) is 6.86. The van der Waals surface area contributed by atoms with E-state index < -0.39 is 17.2 Å². The van der Waals surface area contributed by atoms with E-state index in [1.807, 2.05) is 0 Å². The summed E-state index contributed by atoms with van der Waals surface area (Å²) < 4.78 is 42.6. The number of aromatic nitrogens is 2. The molecule has 0 saturated carbocycles. The molecule has 1 aliphatic rings. The van der Waals surface area contributed by atoms with E-state index in [0.29, 0.717) is 19.8 Å². The Morgan fingerprint density at radius 3 is 2.83 bits per heavy atom. The van der Waals surface area contributed by atoms with Gasteiger partial charge in [0.25, 0.3) is 0 Å². The molecule has 4 nitrogen and oxygen atoms in total. The van der Waals surface area contributed by atoms with Crippen molar-refractivity contribution in [3.8, 4) is 0 Å². The molecular formula is C10H11ClF3N3O. The highest BCUT2D eigenvalue weighted by atomic mass is 35.5. The van der Waals surface area contributed by atoms with Crippen LogP contribution in [0.3, 0.4) is 0 Å². The van der Waals surface area contributed by atoms with E-state index in [-0.39, 0.29) is 11.7 Å². The number of nitrogens with one attached hydrogen (secondary N) is 1. The van der Waals surface area contributed by atoms with Gasteiger partial charge in [-0.1, -0.05) is 0 Å². The lowest BCUT2D eigenvalue weighted by atomic mass is 10.1. The molecule has 1 fully saturated rings. The fraction of sp³-hybridized carbons (Fsp3) is 0.600. The van der Waals surface area contributed by atoms with E-state index in [4.69, 9.17) is 16.3 Å². The SMILES string of the molecule is FC(F)(F)c1cc(NCC2CCOC2)nc(Cl)n1. The lowest BCUT2D eigenvalue weighted by Crippen LogP contribution is -2.16. The number of nitrogens with zero attached hydrogens (tertiary/aromatic N) is 2. The zero-order valence-electron chi connectivity index (χ0n) is 9.30. The molecule has 0 bridgehead atoms. The van der Waals surface area contributed by atoms with Crippen molar-refractivity contribution in [3.63, 3.8) is 0 Å². The number of ether oxygens (including phenoxy) is 1. The lowest BCUT2D eigenvalue weighted by Gasteiger charge is -2.12. The molecule has 1 aromatic rings. The van der Waals surface area contributed by atoms with Gasteiger partial charge in [0, 0.05) is 25.1 Å². The average molecular weight is 282 g/mol. The fourth-order valence-electron chi connectivity index (χ4n) is 1.65. The Morgan fingerprint density at radius 1 is 1.44 bits per heavy atom. The topological polar surface area (TPSA) is 47.0 Å². The van der Waals surface area contributed by atoms with E-state index in [0.717, 1.165) is 12.5 Å². The zero-order chi connectivity index (χ0) is 13.2. The van der Waals surface area contributed by atoms with Crippen molar-refractivity contribution in [2.75, 3.05) is 25.1 Å². The molecule has 1 unspecified atom stereocenters. The van der Waals surface area contributed by atoms with Gasteiger partial charge in [-0.15, -0.1) is 0 Å². The second-order valence-electron chi connectivity index (χ2n) is 4.02. The van der Waals surface area contributed by atoms with Crippen LogP contribution in [-0.2, 0) is 10.9 Å². The van der Waals surface area contributed by atoms with Crippen LogP contribution >= 0.6 is 11.6 Å². The van der Waals surface area contributed by atoms with Gasteiger partial charge in [-0.3, -0.25) is 0 Å². The number of rotatable bonds is 3. The second-order valence-corrected chi connectivity index (χ2v) is 4.35. The van der Waals surface area contributed by atoms with Gasteiger partial charge in [0.05, 0.1) is 6.61 Å². The molecule has 1 N–H and O–H groups in total. The molecule has 2 rings (SSSR count). The number of hydrogen-bond acceptors (Lipinski definition) is 4. The Kier molecular flexibility index (Phi) is 3.91. The third-order valence-electron chi connectivity index (χ3n) is 2.59. The Labute approximate surface area is 107 Å². The van der Waals surface area contributed by atoms with Gasteiger partial charge in [0.1, 0.15) is 5.82 Å². The Morgan fingerprint density at radius 2 is 2.22 bits per heavy atom. The second kappa shape index (κ2) is 5.27. The fourth-order valence-corrected chi connectivity index (χ4v) is 1.83. The van der Waals surface area contributed by atoms with Crippen molar-refractivity contribution in [2.45, 2.75) is 12.6 Å². The molecule has 100 valence electrons. The minimum absolute atomic E-state index is 0.0780. The van der Waals surface area contributed by atoms with Crippen molar-refractivity contribution in [2.24, 2.45) is 5.92 Å². The zero-order valence-corrected chi connectivity index (χ0v) is 10.1. The molecule has 0 amide bonds. The molecule has 0 aromatic carbocycles. The van der Waals surface area contributed by atoms with E-state index in [1.54, 1.807) is 0 Å². The summed E-state index contributed by atoms with van der Waals surface area (Å²) >= 11 is 5.46. The Bertz CT molecular complexity index is 421. The van der Waals surface area contributed by atoms with Crippen LogP contribution < -0.4 is 5.32 Å². The van der Waals surface area contributed by atoms with E-state index in [2.05, 4.69) is 15.3 Å². The number of hydrogen-bond donors (Lipinski definition) is 1. The molecule has 18 heavy (non-hydrogen) atoms. The number of anilines is 1. The van der Waals surface area contributed by atoms with Gasteiger partial charge < -0.3 is 10.1 Å². The van der Waals surface area contributed by atoms with E-state index in [1.165, 1.54) is 0 Å². The molecule has 0 spiro atoms. The summed E-state index contributed by atoms with van der Waals surface area (Å²) in [7, 11) is 0. The molecule has 1 aromatic heterocycles. The van der Waals surface area contributed by atoms with Crippen molar-refractivity contribution < 1.29 is 17.9 Å². The molecule has 8 heteroatoms. The first-order valence-electron chi connectivity index (χ1n) is 5.38. The third kappa shape index (κ3) is 3.46. The first-order chi connectivity index (χ1) is 8.45. The maximum absolute atomic E-state index is 12.5. The summed E-state index contributed by atoms with van der Waals surface area (Å²) in [6, 6.07) is 0.849. The van der Waals surface area contributed by atoms with Crippen LogP contribution in [0.15, 0.2) is 6.07 Å². The summed E-state index contributed by atoms with van der Waals surface area (Å²) in [6.07, 6.45) is -3.64. The van der Waals surface area contributed by atoms with Gasteiger partial charge in [-0.25, -0.2) is 9.97 Å². The number of alkyl halides is 3.